The van der Waals surface area contributed by atoms with Crippen LogP contribution < -0.4 is 15.4 Å². The van der Waals surface area contributed by atoms with Crippen molar-refractivity contribution in [3.05, 3.63) is 29.8 Å². The van der Waals surface area contributed by atoms with Gasteiger partial charge in [0, 0.05) is 31.2 Å². The first-order valence-corrected chi connectivity index (χ1v) is 10.7. The number of para-hydroxylation sites is 1. The second-order valence-electron chi connectivity index (χ2n) is 7.24. The predicted molar refractivity (Wildman–Crippen MR) is 132 cm³/mol. The highest BCUT2D eigenvalue weighted by atomic mass is 127. The number of rotatable bonds is 11. The number of hydrogen-bond acceptors (Lipinski definition) is 4. The molecule has 2 rings (SSSR count). The van der Waals surface area contributed by atoms with Crippen LogP contribution >= 0.6 is 24.0 Å². The van der Waals surface area contributed by atoms with Gasteiger partial charge in [-0.3, -0.25) is 4.99 Å². The molecule has 0 amide bonds. The minimum atomic E-state index is 0. The van der Waals surface area contributed by atoms with Crippen LogP contribution in [0.2, 0.25) is 0 Å². The van der Waals surface area contributed by atoms with Crippen LogP contribution in [0.25, 0.3) is 0 Å². The highest BCUT2D eigenvalue weighted by Gasteiger charge is 2.19. The molecule has 0 bridgehead atoms. The van der Waals surface area contributed by atoms with Crippen LogP contribution in [0.3, 0.4) is 0 Å². The maximum Gasteiger partial charge on any atom is 0.191 e. The molecule has 0 radical (unpaired) electrons. The Morgan fingerprint density at radius 2 is 1.97 bits per heavy atom. The van der Waals surface area contributed by atoms with E-state index in [0.29, 0.717) is 25.8 Å². The van der Waals surface area contributed by atoms with E-state index in [0.717, 1.165) is 23.8 Å². The monoisotopic (exact) mass is 518 g/mol. The summed E-state index contributed by atoms with van der Waals surface area (Å²) in [5, 5.41) is 6.95. The fraction of sp³-hybridized carbons (Fsp3) is 0.682. The Morgan fingerprint density at radius 3 is 2.66 bits per heavy atom. The Kier molecular flexibility index (Phi) is 14.1. The number of piperidine rings is 1. The third kappa shape index (κ3) is 10.00. The maximum absolute atomic E-state index is 5.78. The first-order valence-electron chi connectivity index (χ1n) is 10.7. The van der Waals surface area contributed by atoms with Gasteiger partial charge in [0.1, 0.15) is 5.75 Å². The van der Waals surface area contributed by atoms with Crippen LogP contribution in [0.5, 0.6) is 5.75 Å². The van der Waals surface area contributed by atoms with E-state index in [1.165, 1.54) is 45.3 Å². The largest absolute Gasteiger partial charge is 0.496 e. The van der Waals surface area contributed by atoms with Gasteiger partial charge in [0.25, 0.3) is 0 Å². The number of hydrogen-bond donors (Lipinski definition) is 2. The van der Waals surface area contributed by atoms with Gasteiger partial charge in [-0.05, 0) is 38.8 Å². The smallest absolute Gasteiger partial charge is 0.191 e. The zero-order chi connectivity index (χ0) is 20.0. The van der Waals surface area contributed by atoms with Gasteiger partial charge in [0.15, 0.2) is 5.96 Å². The van der Waals surface area contributed by atoms with E-state index >= 15 is 0 Å². The summed E-state index contributed by atoms with van der Waals surface area (Å²) in [6.07, 6.45) is 4.93. The molecule has 1 fully saturated rings. The van der Waals surface area contributed by atoms with Gasteiger partial charge in [-0.25, -0.2) is 0 Å². The third-order valence-corrected chi connectivity index (χ3v) is 5.06. The van der Waals surface area contributed by atoms with Gasteiger partial charge in [-0.15, -0.1) is 24.0 Å². The van der Waals surface area contributed by atoms with Crippen LogP contribution in [0.15, 0.2) is 29.3 Å². The molecule has 0 spiro atoms. The highest BCUT2D eigenvalue weighted by Crippen LogP contribution is 2.17. The molecule has 2 N–H and O–H groups in total. The molecular weight excluding hydrogens is 479 g/mol. The van der Waals surface area contributed by atoms with Crippen molar-refractivity contribution in [2.24, 2.45) is 4.99 Å². The van der Waals surface area contributed by atoms with Crippen LogP contribution in [-0.4, -0.2) is 63.3 Å². The summed E-state index contributed by atoms with van der Waals surface area (Å²) in [7, 11) is 1.69. The molecule has 1 aromatic rings. The van der Waals surface area contributed by atoms with Gasteiger partial charge in [-0.2, -0.15) is 0 Å². The zero-order valence-corrected chi connectivity index (χ0v) is 20.6. The predicted octanol–water partition coefficient (Wildman–Crippen LogP) is 3.65. The maximum atomic E-state index is 5.78. The fourth-order valence-electron chi connectivity index (χ4n) is 3.42. The van der Waals surface area contributed by atoms with E-state index in [1.807, 2.05) is 24.3 Å². The summed E-state index contributed by atoms with van der Waals surface area (Å²) in [4.78, 5) is 7.26. The van der Waals surface area contributed by atoms with Gasteiger partial charge >= 0.3 is 0 Å². The zero-order valence-electron chi connectivity index (χ0n) is 18.3. The molecule has 1 heterocycles. The van der Waals surface area contributed by atoms with Gasteiger partial charge in [0.2, 0.25) is 0 Å². The first kappa shape index (κ1) is 26.0. The van der Waals surface area contributed by atoms with Crippen molar-refractivity contribution in [3.8, 4) is 5.75 Å². The number of ether oxygens (including phenoxy) is 2. The van der Waals surface area contributed by atoms with E-state index in [-0.39, 0.29) is 24.0 Å². The number of nitrogens with one attached hydrogen (secondary N) is 2. The molecule has 166 valence electrons. The molecule has 1 aromatic carbocycles. The fourth-order valence-corrected chi connectivity index (χ4v) is 3.42. The summed E-state index contributed by atoms with van der Waals surface area (Å²) in [5.74, 6) is 1.77. The summed E-state index contributed by atoms with van der Waals surface area (Å²) < 4.78 is 11.1. The SMILES string of the molecule is CCCCN1CCC(NC(=NCCOCc2ccccc2OC)NCC)CC1.I. The average Bonchev–Trinajstić information content (AvgIpc) is 2.73. The summed E-state index contributed by atoms with van der Waals surface area (Å²) in [6, 6.07) is 8.46. The first-order chi connectivity index (χ1) is 13.8. The number of methoxy groups -OCH3 is 1. The van der Waals surface area contributed by atoms with Crippen molar-refractivity contribution >= 4 is 29.9 Å². The number of guanidine groups is 1. The molecule has 29 heavy (non-hydrogen) atoms. The van der Waals surface area contributed by atoms with E-state index in [4.69, 9.17) is 9.47 Å². The van der Waals surface area contributed by atoms with Gasteiger partial charge in [-0.1, -0.05) is 31.5 Å². The minimum Gasteiger partial charge on any atom is -0.496 e. The van der Waals surface area contributed by atoms with E-state index < -0.39 is 0 Å². The summed E-state index contributed by atoms with van der Waals surface area (Å²) in [5.41, 5.74) is 1.06. The van der Waals surface area contributed by atoms with Crippen molar-refractivity contribution in [1.29, 1.82) is 0 Å². The second-order valence-corrected chi connectivity index (χ2v) is 7.24. The van der Waals surface area contributed by atoms with Crippen LogP contribution in [0.4, 0.5) is 0 Å². The molecule has 0 aromatic heterocycles. The topological polar surface area (TPSA) is 58.1 Å². The number of nitrogens with zero attached hydrogens (tertiary/aromatic N) is 2. The number of benzene rings is 1. The van der Waals surface area contributed by atoms with E-state index in [2.05, 4.69) is 34.4 Å². The lowest BCUT2D eigenvalue weighted by Crippen LogP contribution is -2.48. The minimum absolute atomic E-state index is 0. The molecular formula is C22H39IN4O2. The molecule has 0 unspecified atom stereocenters. The molecule has 1 saturated heterocycles. The molecule has 1 aliphatic heterocycles. The van der Waals surface area contributed by atoms with Crippen molar-refractivity contribution in [2.75, 3.05) is 46.4 Å². The van der Waals surface area contributed by atoms with Crippen LogP contribution in [0.1, 0.15) is 45.1 Å². The quantitative estimate of drug-likeness (QED) is 0.203. The Labute approximate surface area is 193 Å². The van der Waals surface area contributed by atoms with Crippen LogP contribution in [0, 0.1) is 0 Å². The van der Waals surface area contributed by atoms with Gasteiger partial charge in [0.05, 0.1) is 26.9 Å². The summed E-state index contributed by atoms with van der Waals surface area (Å²) >= 11 is 0. The van der Waals surface area contributed by atoms with Crippen molar-refractivity contribution in [1.82, 2.24) is 15.5 Å². The van der Waals surface area contributed by atoms with Crippen molar-refractivity contribution in [2.45, 2.75) is 52.2 Å². The molecule has 0 aliphatic carbocycles. The normalized spacial score (nSPS) is 15.6. The Morgan fingerprint density at radius 1 is 1.21 bits per heavy atom. The molecule has 7 heteroatoms. The Bertz CT molecular complexity index is 578. The van der Waals surface area contributed by atoms with Gasteiger partial charge < -0.3 is 25.0 Å². The Balaban J connectivity index is 0.00000420. The molecule has 6 nitrogen and oxygen atoms in total. The summed E-state index contributed by atoms with van der Waals surface area (Å²) in [6.45, 7) is 10.6. The van der Waals surface area contributed by atoms with E-state index in [9.17, 15) is 0 Å². The highest BCUT2D eigenvalue weighted by molar-refractivity contribution is 14.0. The average molecular weight is 518 g/mol. The number of halogens is 1. The molecule has 0 atom stereocenters. The van der Waals surface area contributed by atoms with E-state index in [1.54, 1.807) is 7.11 Å². The molecule has 0 saturated carbocycles. The number of likely N-dealkylation sites (tertiary alicyclic amines) is 1. The Hall–Kier alpha value is -1.06. The third-order valence-electron chi connectivity index (χ3n) is 5.06. The lowest BCUT2D eigenvalue weighted by molar-refractivity contribution is 0.126. The lowest BCUT2D eigenvalue weighted by Gasteiger charge is -2.33. The van der Waals surface area contributed by atoms with Crippen LogP contribution in [-0.2, 0) is 11.3 Å². The number of unbranched alkanes of at least 4 members (excludes halogenated alkanes) is 1. The molecule has 1 aliphatic rings. The number of aliphatic imine (C=N–C) groups is 1. The van der Waals surface area contributed by atoms with Crippen molar-refractivity contribution < 1.29 is 9.47 Å². The lowest BCUT2D eigenvalue weighted by atomic mass is 10.0. The standard InChI is InChI=1S/C22H38N4O2.HI/c1-4-6-14-26-15-11-20(12-16-26)25-22(23-5-2)24-13-17-28-18-19-9-7-8-10-21(19)27-3;/h7-10,20H,4-6,11-18H2,1-3H3,(H2,23,24,25);1H. The van der Waals surface area contributed by atoms with Crippen molar-refractivity contribution in [3.63, 3.8) is 0 Å². The second kappa shape index (κ2) is 15.7.